The van der Waals surface area contributed by atoms with Crippen LogP contribution in [0.2, 0.25) is 5.02 Å². The molecule has 0 saturated heterocycles. The summed E-state index contributed by atoms with van der Waals surface area (Å²) in [6.07, 6.45) is -0.776. The highest BCUT2D eigenvalue weighted by atomic mass is 35.5. The zero-order valence-corrected chi connectivity index (χ0v) is 14.9. The molecule has 2 aromatic rings. The molecule has 0 saturated carbocycles. The van der Waals surface area contributed by atoms with E-state index in [0.29, 0.717) is 35.3 Å². The van der Waals surface area contributed by atoms with Crippen molar-refractivity contribution >= 4 is 29.5 Å². The van der Waals surface area contributed by atoms with Crippen molar-refractivity contribution in [2.75, 3.05) is 19.7 Å². The van der Waals surface area contributed by atoms with Crippen LogP contribution in [-0.2, 0) is 4.74 Å². The summed E-state index contributed by atoms with van der Waals surface area (Å²) in [4.78, 5) is 30.2. The van der Waals surface area contributed by atoms with Crippen LogP contribution in [-0.4, -0.2) is 42.5 Å². The van der Waals surface area contributed by atoms with Gasteiger partial charge in [0.15, 0.2) is 0 Å². The first-order chi connectivity index (χ1) is 12.6. The monoisotopic (exact) mass is 372 g/mol. The number of nitrogens with zero attached hydrogens (tertiary/aromatic N) is 2. The van der Waals surface area contributed by atoms with E-state index in [4.69, 9.17) is 21.1 Å². The van der Waals surface area contributed by atoms with Gasteiger partial charge in [-0.2, -0.15) is 0 Å². The van der Waals surface area contributed by atoms with E-state index < -0.39 is 6.16 Å². The number of ether oxygens (including phenoxy) is 2. The second kappa shape index (κ2) is 8.01. The Balaban J connectivity index is 1.74. The fourth-order valence-corrected chi connectivity index (χ4v) is 2.77. The van der Waals surface area contributed by atoms with Crippen molar-refractivity contribution in [3.8, 4) is 5.75 Å². The van der Waals surface area contributed by atoms with Crippen molar-refractivity contribution in [3.63, 3.8) is 0 Å². The van der Waals surface area contributed by atoms with Crippen molar-refractivity contribution in [1.82, 2.24) is 4.90 Å². The molecule has 2 aromatic carbocycles. The highest BCUT2D eigenvalue weighted by molar-refractivity contribution is 6.31. The van der Waals surface area contributed by atoms with Crippen molar-refractivity contribution < 1.29 is 19.1 Å². The van der Waals surface area contributed by atoms with E-state index in [1.807, 2.05) is 12.1 Å². The van der Waals surface area contributed by atoms with Gasteiger partial charge in [-0.25, -0.2) is 4.79 Å². The van der Waals surface area contributed by atoms with Gasteiger partial charge in [0.25, 0.3) is 5.91 Å². The van der Waals surface area contributed by atoms with E-state index in [9.17, 15) is 9.59 Å². The Bertz CT molecular complexity index is 849. The van der Waals surface area contributed by atoms with Gasteiger partial charge in [-0.1, -0.05) is 23.7 Å². The first kappa shape index (κ1) is 17.9. The van der Waals surface area contributed by atoms with Gasteiger partial charge in [0, 0.05) is 22.7 Å². The van der Waals surface area contributed by atoms with E-state index in [0.717, 1.165) is 5.56 Å². The van der Waals surface area contributed by atoms with Gasteiger partial charge in [-0.3, -0.25) is 14.7 Å². The minimum Gasteiger partial charge on any atom is -0.434 e. The maximum atomic E-state index is 12.8. The molecule has 1 heterocycles. The van der Waals surface area contributed by atoms with Crippen LogP contribution < -0.4 is 4.74 Å². The zero-order chi connectivity index (χ0) is 18.5. The number of benzene rings is 2. The van der Waals surface area contributed by atoms with Gasteiger partial charge in [0.2, 0.25) is 0 Å². The number of hydrogen-bond acceptors (Lipinski definition) is 5. The Morgan fingerprint density at radius 1 is 1.19 bits per heavy atom. The van der Waals surface area contributed by atoms with Crippen LogP contribution >= 0.6 is 11.6 Å². The normalized spacial score (nSPS) is 13.3. The molecule has 1 amide bonds. The third-order valence-corrected chi connectivity index (χ3v) is 3.97. The van der Waals surface area contributed by atoms with Gasteiger partial charge >= 0.3 is 6.16 Å². The maximum absolute atomic E-state index is 12.8. The standard InChI is InChI=1S/C19H17ClN2O4/c1-2-25-19(24)26-16-8-6-13(7-9-16)18(23)22-11-10-21-17(22)14-4-3-5-15(20)12-14/h3-9,12H,2,10-11H2,1H3. The van der Waals surface area contributed by atoms with Gasteiger partial charge in [0.05, 0.1) is 13.2 Å². The maximum Gasteiger partial charge on any atom is 0.513 e. The molecular weight excluding hydrogens is 356 g/mol. The Morgan fingerprint density at radius 2 is 1.96 bits per heavy atom. The summed E-state index contributed by atoms with van der Waals surface area (Å²) in [5.74, 6) is 0.735. The van der Waals surface area contributed by atoms with Crippen molar-refractivity contribution in [3.05, 3.63) is 64.7 Å². The first-order valence-electron chi connectivity index (χ1n) is 8.15. The molecule has 0 aromatic heterocycles. The zero-order valence-electron chi connectivity index (χ0n) is 14.1. The number of amidine groups is 1. The molecule has 0 N–H and O–H groups in total. The molecule has 0 atom stereocenters. The number of hydrogen-bond donors (Lipinski definition) is 0. The third kappa shape index (κ3) is 4.03. The highest BCUT2D eigenvalue weighted by Gasteiger charge is 2.26. The Kier molecular flexibility index (Phi) is 5.53. The number of amides is 1. The summed E-state index contributed by atoms with van der Waals surface area (Å²) < 4.78 is 9.71. The SMILES string of the molecule is CCOC(=O)Oc1ccc(C(=O)N2CCN=C2c2cccc(Cl)c2)cc1. The molecule has 134 valence electrons. The van der Waals surface area contributed by atoms with E-state index in [-0.39, 0.29) is 12.5 Å². The molecule has 0 radical (unpaired) electrons. The topological polar surface area (TPSA) is 68.2 Å². The molecule has 0 fully saturated rings. The van der Waals surface area contributed by atoms with Crippen LogP contribution in [0.3, 0.4) is 0 Å². The average Bonchev–Trinajstić information content (AvgIpc) is 3.12. The quantitative estimate of drug-likeness (QED) is 0.605. The molecule has 7 heteroatoms. The van der Waals surface area contributed by atoms with Gasteiger partial charge < -0.3 is 9.47 Å². The lowest BCUT2D eigenvalue weighted by molar-refractivity contribution is 0.0858. The van der Waals surface area contributed by atoms with Crippen LogP contribution in [0, 0.1) is 0 Å². The lowest BCUT2D eigenvalue weighted by atomic mass is 10.1. The minimum absolute atomic E-state index is 0.177. The van der Waals surface area contributed by atoms with Crippen LogP contribution in [0.1, 0.15) is 22.8 Å². The molecule has 3 rings (SSSR count). The molecule has 0 bridgehead atoms. The second-order valence-corrected chi connectivity index (χ2v) is 5.92. The first-order valence-corrected chi connectivity index (χ1v) is 8.53. The smallest absolute Gasteiger partial charge is 0.434 e. The molecule has 1 aliphatic rings. The molecule has 26 heavy (non-hydrogen) atoms. The van der Waals surface area contributed by atoms with Gasteiger partial charge in [0.1, 0.15) is 11.6 Å². The van der Waals surface area contributed by atoms with Crippen LogP contribution in [0.25, 0.3) is 0 Å². The number of carbonyl (C=O) groups is 2. The highest BCUT2D eigenvalue weighted by Crippen LogP contribution is 2.20. The summed E-state index contributed by atoms with van der Waals surface area (Å²) in [5, 5.41) is 0.588. The van der Waals surface area contributed by atoms with Crippen LogP contribution in [0.5, 0.6) is 5.75 Å². The number of carbonyl (C=O) groups excluding carboxylic acids is 2. The van der Waals surface area contributed by atoms with Crippen LogP contribution in [0.4, 0.5) is 4.79 Å². The minimum atomic E-state index is -0.776. The van der Waals surface area contributed by atoms with E-state index in [1.54, 1.807) is 48.2 Å². The molecule has 1 aliphatic heterocycles. The average molecular weight is 373 g/mol. The third-order valence-electron chi connectivity index (χ3n) is 3.73. The largest absolute Gasteiger partial charge is 0.513 e. The molecule has 6 nitrogen and oxygen atoms in total. The molecular formula is C19H17ClN2O4. The summed E-state index contributed by atoms with van der Waals surface area (Å²) in [6.45, 7) is 2.97. The van der Waals surface area contributed by atoms with Crippen molar-refractivity contribution in [2.24, 2.45) is 4.99 Å². The number of halogens is 1. The summed E-state index contributed by atoms with van der Waals surface area (Å²) in [7, 11) is 0. The molecule has 0 unspecified atom stereocenters. The Hall–Kier alpha value is -2.86. The van der Waals surface area contributed by atoms with Crippen molar-refractivity contribution in [2.45, 2.75) is 6.92 Å². The summed E-state index contributed by atoms with van der Waals surface area (Å²) in [5.41, 5.74) is 1.27. The van der Waals surface area contributed by atoms with E-state index >= 15 is 0 Å². The van der Waals surface area contributed by atoms with Gasteiger partial charge in [-0.15, -0.1) is 0 Å². The Morgan fingerprint density at radius 3 is 2.65 bits per heavy atom. The lowest BCUT2D eigenvalue weighted by Gasteiger charge is -2.19. The number of rotatable bonds is 4. The molecule has 0 aliphatic carbocycles. The predicted molar refractivity (Wildman–Crippen MR) is 98.0 cm³/mol. The Labute approximate surface area is 156 Å². The van der Waals surface area contributed by atoms with E-state index in [2.05, 4.69) is 4.99 Å². The summed E-state index contributed by atoms with van der Waals surface area (Å²) >= 11 is 6.04. The number of aliphatic imine (C=N–C) groups is 1. The fourth-order valence-electron chi connectivity index (χ4n) is 2.58. The van der Waals surface area contributed by atoms with E-state index in [1.165, 1.54) is 0 Å². The fraction of sp³-hybridized carbons (Fsp3) is 0.211. The van der Waals surface area contributed by atoms with Crippen LogP contribution in [0.15, 0.2) is 53.5 Å². The lowest BCUT2D eigenvalue weighted by Crippen LogP contribution is -2.34. The molecule has 0 spiro atoms. The van der Waals surface area contributed by atoms with Gasteiger partial charge in [-0.05, 0) is 43.3 Å². The second-order valence-electron chi connectivity index (χ2n) is 5.48. The summed E-state index contributed by atoms with van der Waals surface area (Å²) in [6, 6.07) is 13.6. The predicted octanol–water partition coefficient (Wildman–Crippen LogP) is 3.78. The van der Waals surface area contributed by atoms with Crippen molar-refractivity contribution in [1.29, 1.82) is 0 Å².